The van der Waals surface area contributed by atoms with Crippen LogP contribution in [-0.4, -0.2) is 60.6 Å². The summed E-state index contributed by atoms with van der Waals surface area (Å²) in [5.41, 5.74) is 0. The lowest BCUT2D eigenvalue weighted by molar-refractivity contribution is 0.136. The number of hydrogen-bond acceptors (Lipinski definition) is 3. The van der Waals surface area contributed by atoms with Crippen LogP contribution in [-0.2, 0) is 0 Å². The van der Waals surface area contributed by atoms with Crippen molar-refractivity contribution < 1.29 is 0 Å². The molecule has 3 fully saturated rings. The fourth-order valence-electron chi connectivity index (χ4n) is 4.12. The largest absolute Gasteiger partial charge is 0.314 e. The van der Waals surface area contributed by atoms with E-state index in [1.807, 2.05) is 0 Å². The molecule has 0 amide bonds. The van der Waals surface area contributed by atoms with Gasteiger partial charge >= 0.3 is 0 Å². The van der Waals surface area contributed by atoms with E-state index in [-0.39, 0.29) is 0 Å². The zero-order chi connectivity index (χ0) is 12.4. The first-order chi connectivity index (χ1) is 8.83. The standard InChI is InChI=1S/C15H29N3/c1-13-11-14(5-7-16-13)18-10-6-15(12-18)17-8-3-2-4-9-17/h13-16H,2-12H2,1H3. The Bertz CT molecular complexity index is 262. The SMILES string of the molecule is CC1CC(N2CCC(N3CCCCC3)C2)CCN1. The molecular weight excluding hydrogens is 222 g/mol. The molecular formula is C15H29N3. The lowest BCUT2D eigenvalue weighted by atomic mass is 9.99. The van der Waals surface area contributed by atoms with Gasteiger partial charge in [-0.15, -0.1) is 0 Å². The summed E-state index contributed by atoms with van der Waals surface area (Å²) in [6, 6.07) is 2.45. The highest BCUT2D eigenvalue weighted by atomic mass is 15.3. The van der Waals surface area contributed by atoms with E-state index in [0.29, 0.717) is 0 Å². The molecule has 3 nitrogen and oxygen atoms in total. The highest BCUT2D eigenvalue weighted by molar-refractivity contribution is 4.90. The summed E-state index contributed by atoms with van der Waals surface area (Å²) in [4.78, 5) is 5.56. The van der Waals surface area contributed by atoms with Gasteiger partial charge < -0.3 is 5.32 Å². The normalized spacial score (nSPS) is 40.2. The third-order valence-corrected chi connectivity index (χ3v) is 5.21. The third kappa shape index (κ3) is 2.89. The van der Waals surface area contributed by atoms with Gasteiger partial charge in [-0.25, -0.2) is 0 Å². The fraction of sp³-hybridized carbons (Fsp3) is 1.00. The van der Waals surface area contributed by atoms with Crippen molar-refractivity contribution in [3.8, 4) is 0 Å². The van der Waals surface area contributed by atoms with Crippen LogP contribution in [0.1, 0.15) is 45.4 Å². The van der Waals surface area contributed by atoms with E-state index >= 15 is 0 Å². The molecule has 3 heterocycles. The highest BCUT2D eigenvalue weighted by Crippen LogP contribution is 2.25. The Hall–Kier alpha value is -0.120. The van der Waals surface area contributed by atoms with Crippen LogP contribution in [0.4, 0.5) is 0 Å². The molecule has 0 aromatic heterocycles. The molecule has 3 aliphatic rings. The van der Waals surface area contributed by atoms with Crippen LogP contribution >= 0.6 is 0 Å². The molecule has 3 unspecified atom stereocenters. The van der Waals surface area contributed by atoms with E-state index in [1.165, 1.54) is 71.2 Å². The van der Waals surface area contributed by atoms with Crippen molar-refractivity contribution in [3.63, 3.8) is 0 Å². The van der Waals surface area contributed by atoms with Crippen molar-refractivity contribution in [2.45, 2.75) is 63.6 Å². The Labute approximate surface area is 112 Å². The molecule has 0 aromatic carbocycles. The molecule has 3 atom stereocenters. The maximum absolute atomic E-state index is 3.57. The summed E-state index contributed by atoms with van der Waals surface area (Å²) < 4.78 is 0. The van der Waals surface area contributed by atoms with Gasteiger partial charge in [0.1, 0.15) is 0 Å². The molecule has 3 heteroatoms. The van der Waals surface area contributed by atoms with Gasteiger partial charge in [0.15, 0.2) is 0 Å². The van der Waals surface area contributed by atoms with Crippen molar-refractivity contribution >= 4 is 0 Å². The van der Waals surface area contributed by atoms with E-state index in [9.17, 15) is 0 Å². The van der Waals surface area contributed by atoms with Crippen molar-refractivity contribution in [2.24, 2.45) is 0 Å². The number of nitrogens with one attached hydrogen (secondary N) is 1. The van der Waals surface area contributed by atoms with Crippen LogP contribution in [0.25, 0.3) is 0 Å². The average Bonchev–Trinajstić information content (AvgIpc) is 2.89. The van der Waals surface area contributed by atoms with Gasteiger partial charge in [0, 0.05) is 31.2 Å². The van der Waals surface area contributed by atoms with Crippen LogP contribution in [0.2, 0.25) is 0 Å². The van der Waals surface area contributed by atoms with Crippen LogP contribution in [0.15, 0.2) is 0 Å². The van der Waals surface area contributed by atoms with Gasteiger partial charge in [-0.3, -0.25) is 9.80 Å². The Morgan fingerprint density at radius 2 is 1.72 bits per heavy atom. The lowest BCUT2D eigenvalue weighted by Gasteiger charge is -2.36. The minimum atomic E-state index is 0.720. The maximum Gasteiger partial charge on any atom is 0.0235 e. The van der Waals surface area contributed by atoms with Crippen molar-refractivity contribution in [3.05, 3.63) is 0 Å². The highest BCUT2D eigenvalue weighted by Gasteiger charge is 2.33. The van der Waals surface area contributed by atoms with Crippen LogP contribution in [0.3, 0.4) is 0 Å². The zero-order valence-electron chi connectivity index (χ0n) is 11.9. The van der Waals surface area contributed by atoms with E-state index in [2.05, 4.69) is 22.0 Å². The minimum absolute atomic E-state index is 0.720. The van der Waals surface area contributed by atoms with Crippen LogP contribution in [0, 0.1) is 0 Å². The molecule has 3 rings (SSSR count). The first-order valence-electron chi connectivity index (χ1n) is 8.04. The van der Waals surface area contributed by atoms with E-state index < -0.39 is 0 Å². The fourth-order valence-corrected chi connectivity index (χ4v) is 4.12. The van der Waals surface area contributed by atoms with Gasteiger partial charge in [0.2, 0.25) is 0 Å². The second-order valence-corrected chi connectivity index (χ2v) is 6.57. The van der Waals surface area contributed by atoms with E-state index in [1.54, 1.807) is 0 Å². The summed E-state index contributed by atoms with van der Waals surface area (Å²) in [6.07, 6.45) is 8.45. The summed E-state index contributed by atoms with van der Waals surface area (Å²) in [5.74, 6) is 0. The summed E-state index contributed by atoms with van der Waals surface area (Å²) in [6.45, 7) is 8.97. The molecule has 0 aliphatic carbocycles. The summed E-state index contributed by atoms with van der Waals surface area (Å²) in [5, 5.41) is 3.57. The molecule has 0 spiro atoms. The van der Waals surface area contributed by atoms with E-state index in [4.69, 9.17) is 0 Å². The first-order valence-corrected chi connectivity index (χ1v) is 8.04. The lowest BCUT2D eigenvalue weighted by Crippen LogP contribution is -2.47. The average molecular weight is 251 g/mol. The Morgan fingerprint density at radius 3 is 2.50 bits per heavy atom. The van der Waals surface area contributed by atoms with Crippen molar-refractivity contribution in [1.82, 2.24) is 15.1 Å². The van der Waals surface area contributed by atoms with Crippen LogP contribution < -0.4 is 5.32 Å². The van der Waals surface area contributed by atoms with Gasteiger partial charge in [-0.2, -0.15) is 0 Å². The Balaban J connectivity index is 1.51. The van der Waals surface area contributed by atoms with Gasteiger partial charge in [-0.05, 0) is 58.7 Å². The molecule has 104 valence electrons. The monoisotopic (exact) mass is 251 g/mol. The number of piperidine rings is 2. The summed E-state index contributed by atoms with van der Waals surface area (Å²) >= 11 is 0. The minimum Gasteiger partial charge on any atom is -0.314 e. The van der Waals surface area contributed by atoms with Gasteiger partial charge in [0.25, 0.3) is 0 Å². The second kappa shape index (κ2) is 5.89. The molecule has 3 saturated heterocycles. The van der Waals surface area contributed by atoms with Crippen molar-refractivity contribution in [2.75, 3.05) is 32.7 Å². The second-order valence-electron chi connectivity index (χ2n) is 6.57. The molecule has 1 N–H and O–H groups in total. The van der Waals surface area contributed by atoms with Gasteiger partial charge in [0.05, 0.1) is 0 Å². The molecule has 0 radical (unpaired) electrons. The predicted octanol–water partition coefficient (Wildman–Crippen LogP) is 1.69. The molecule has 3 aliphatic heterocycles. The number of rotatable bonds is 2. The molecule has 0 bridgehead atoms. The smallest absolute Gasteiger partial charge is 0.0235 e. The third-order valence-electron chi connectivity index (χ3n) is 5.21. The first kappa shape index (κ1) is 12.9. The quantitative estimate of drug-likeness (QED) is 0.806. The molecule has 0 aromatic rings. The zero-order valence-corrected chi connectivity index (χ0v) is 11.9. The number of hydrogen-bond donors (Lipinski definition) is 1. The molecule has 18 heavy (non-hydrogen) atoms. The van der Waals surface area contributed by atoms with Crippen LogP contribution in [0.5, 0.6) is 0 Å². The molecule has 0 saturated carbocycles. The Kier molecular flexibility index (Phi) is 4.22. The summed E-state index contributed by atoms with van der Waals surface area (Å²) in [7, 11) is 0. The number of nitrogens with zero attached hydrogens (tertiary/aromatic N) is 2. The Morgan fingerprint density at radius 1 is 0.889 bits per heavy atom. The van der Waals surface area contributed by atoms with E-state index in [0.717, 1.165) is 18.1 Å². The maximum atomic E-state index is 3.57. The predicted molar refractivity (Wildman–Crippen MR) is 75.9 cm³/mol. The number of likely N-dealkylation sites (tertiary alicyclic amines) is 2. The topological polar surface area (TPSA) is 18.5 Å². The van der Waals surface area contributed by atoms with Crippen molar-refractivity contribution in [1.29, 1.82) is 0 Å². The van der Waals surface area contributed by atoms with Gasteiger partial charge in [-0.1, -0.05) is 6.42 Å².